The second-order valence-electron chi connectivity index (χ2n) is 5.97. The fraction of sp³-hybridized carbons (Fsp3) is 0.529. The Morgan fingerprint density at radius 2 is 1.96 bits per heavy atom. The number of nitrogens with zero attached hydrogens (tertiary/aromatic N) is 1. The highest BCUT2D eigenvalue weighted by Crippen LogP contribution is 2.14. The molecule has 23 heavy (non-hydrogen) atoms. The highest BCUT2D eigenvalue weighted by atomic mass is 32.2. The van der Waals surface area contributed by atoms with E-state index in [0.717, 1.165) is 11.3 Å². The zero-order valence-electron chi connectivity index (χ0n) is 13.9. The Hall–Kier alpha value is -1.53. The molecule has 2 atom stereocenters. The van der Waals surface area contributed by atoms with Crippen molar-refractivity contribution in [3.63, 3.8) is 0 Å². The summed E-state index contributed by atoms with van der Waals surface area (Å²) in [6, 6.07) is 7.66. The third kappa shape index (κ3) is 5.88. The molecule has 0 bridgehead atoms. The zero-order valence-corrected chi connectivity index (χ0v) is 14.7. The second-order valence-corrected chi connectivity index (χ2v) is 6.95. The van der Waals surface area contributed by atoms with Gasteiger partial charge in [0, 0.05) is 18.8 Å². The number of morpholine rings is 1. The summed E-state index contributed by atoms with van der Waals surface area (Å²) in [5, 5.41) is 2.85. The molecule has 1 N–H and O–H groups in total. The first-order valence-electron chi connectivity index (χ1n) is 7.81. The summed E-state index contributed by atoms with van der Waals surface area (Å²) >= 11 is 1.34. The van der Waals surface area contributed by atoms with Gasteiger partial charge in [-0.3, -0.25) is 9.59 Å². The van der Waals surface area contributed by atoms with E-state index in [1.165, 1.54) is 11.8 Å². The maximum Gasteiger partial charge on any atom is 0.234 e. The highest BCUT2D eigenvalue weighted by molar-refractivity contribution is 8.00. The predicted molar refractivity (Wildman–Crippen MR) is 93.7 cm³/mol. The van der Waals surface area contributed by atoms with Gasteiger partial charge >= 0.3 is 0 Å². The Balaban J connectivity index is 1.71. The van der Waals surface area contributed by atoms with Crippen LogP contribution in [0.5, 0.6) is 0 Å². The quantitative estimate of drug-likeness (QED) is 0.896. The van der Waals surface area contributed by atoms with Crippen molar-refractivity contribution in [2.45, 2.75) is 33.0 Å². The fourth-order valence-electron chi connectivity index (χ4n) is 2.62. The molecule has 1 aromatic rings. The first kappa shape index (κ1) is 17.8. The Labute approximate surface area is 141 Å². The van der Waals surface area contributed by atoms with Crippen LogP contribution in [0.4, 0.5) is 5.69 Å². The maximum atomic E-state index is 12.2. The van der Waals surface area contributed by atoms with Gasteiger partial charge in [0.15, 0.2) is 0 Å². The maximum absolute atomic E-state index is 12.2. The van der Waals surface area contributed by atoms with E-state index in [9.17, 15) is 9.59 Å². The van der Waals surface area contributed by atoms with Crippen molar-refractivity contribution in [1.82, 2.24) is 4.90 Å². The standard InChI is InChI=1S/C17H24N2O3S/c1-12-5-4-6-15(7-12)18-16(20)10-23-11-17(21)19-8-13(2)22-14(3)9-19/h4-7,13-14H,8-11H2,1-3H3,(H,18,20). The van der Waals surface area contributed by atoms with E-state index in [1.54, 1.807) is 0 Å². The van der Waals surface area contributed by atoms with Crippen molar-refractivity contribution in [1.29, 1.82) is 0 Å². The number of ether oxygens (including phenoxy) is 1. The average molecular weight is 336 g/mol. The third-order valence-corrected chi connectivity index (χ3v) is 4.45. The van der Waals surface area contributed by atoms with E-state index in [0.29, 0.717) is 18.8 Å². The molecule has 2 amide bonds. The van der Waals surface area contributed by atoms with Gasteiger partial charge in [-0.2, -0.15) is 0 Å². The van der Waals surface area contributed by atoms with Crippen molar-refractivity contribution in [2.75, 3.05) is 29.9 Å². The molecule has 1 saturated heterocycles. The molecule has 1 fully saturated rings. The molecule has 6 heteroatoms. The molecule has 5 nitrogen and oxygen atoms in total. The van der Waals surface area contributed by atoms with E-state index >= 15 is 0 Å². The zero-order chi connectivity index (χ0) is 16.8. The minimum absolute atomic E-state index is 0.0670. The first-order chi connectivity index (χ1) is 10.9. The summed E-state index contributed by atoms with van der Waals surface area (Å²) in [7, 11) is 0. The smallest absolute Gasteiger partial charge is 0.234 e. The van der Waals surface area contributed by atoms with E-state index in [-0.39, 0.29) is 29.8 Å². The third-order valence-electron chi connectivity index (χ3n) is 3.53. The summed E-state index contributed by atoms with van der Waals surface area (Å²) in [6.07, 6.45) is 0.134. The van der Waals surface area contributed by atoms with Crippen molar-refractivity contribution >= 4 is 29.3 Å². The molecule has 1 heterocycles. The lowest BCUT2D eigenvalue weighted by atomic mass is 10.2. The van der Waals surface area contributed by atoms with Crippen LogP contribution >= 0.6 is 11.8 Å². The molecule has 0 aromatic heterocycles. The van der Waals surface area contributed by atoms with Crippen LogP contribution in [-0.2, 0) is 14.3 Å². The van der Waals surface area contributed by atoms with Gasteiger partial charge in [0.05, 0.1) is 23.7 Å². The van der Waals surface area contributed by atoms with Crippen LogP contribution < -0.4 is 5.32 Å². The van der Waals surface area contributed by atoms with E-state index in [1.807, 2.05) is 49.9 Å². The molecule has 126 valence electrons. The number of carbonyl (C=O) groups excluding carboxylic acids is 2. The van der Waals surface area contributed by atoms with Crippen molar-refractivity contribution in [3.8, 4) is 0 Å². The molecule has 2 rings (SSSR count). The number of nitrogens with one attached hydrogen (secondary N) is 1. The molecule has 0 aliphatic carbocycles. The van der Waals surface area contributed by atoms with Crippen LogP contribution in [-0.4, -0.2) is 53.5 Å². The van der Waals surface area contributed by atoms with E-state index in [4.69, 9.17) is 4.74 Å². The molecular formula is C17H24N2O3S. The molecule has 0 spiro atoms. The van der Waals surface area contributed by atoms with Gasteiger partial charge < -0.3 is 15.0 Å². The van der Waals surface area contributed by atoms with Gasteiger partial charge in [0.1, 0.15) is 0 Å². The molecule has 0 saturated carbocycles. The first-order valence-corrected chi connectivity index (χ1v) is 8.97. The van der Waals surface area contributed by atoms with Crippen LogP contribution in [0.15, 0.2) is 24.3 Å². The monoisotopic (exact) mass is 336 g/mol. The Kier molecular flexibility index (Phi) is 6.47. The van der Waals surface area contributed by atoms with Crippen LogP contribution in [0.25, 0.3) is 0 Å². The lowest BCUT2D eigenvalue weighted by Crippen LogP contribution is -2.48. The number of anilines is 1. The normalized spacial score (nSPS) is 21.1. The number of rotatable bonds is 5. The van der Waals surface area contributed by atoms with Crippen molar-refractivity contribution < 1.29 is 14.3 Å². The molecule has 1 aromatic carbocycles. The Bertz CT molecular complexity index is 555. The number of thioether (sulfide) groups is 1. The minimum atomic E-state index is -0.0860. The minimum Gasteiger partial charge on any atom is -0.372 e. The highest BCUT2D eigenvalue weighted by Gasteiger charge is 2.25. The molecular weight excluding hydrogens is 312 g/mol. The number of hydrogen-bond acceptors (Lipinski definition) is 4. The van der Waals surface area contributed by atoms with Gasteiger partial charge in [-0.15, -0.1) is 11.8 Å². The summed E-state index contributed by atoms with van der Waals surface area (Å²) in [6.45, 7) is 7.17. The van der Waals surface area contributed by atoms with E-state index in [2.05, 4.69) is 5.32 Å². The number of hydrogen-bond donors (Lipinski definition) is 1. The largest absolute Gasteiger partial charge is 0.372 e. The lowest BCUT2D eigenvalue weighted by molar-refractivity contribution is -0.140. The molecule has 1 aliphatic rings. The van der Waals surface area contributed by atoms with Crippen LogP contribution in [0.2, 0.25) is 0 Å². The van der Waals surface area contributed by atoms with Crippen molar-refractivity contribution in [2.24, 2.45) is 0 Å². The van der Waals surface area contributed by atoms with Crippen LogP contribution in [0.3, 0.4) is 0 Å². The van der Waals surface area contributed by atoms with E-state index < -0.39 is 0 Å². The second kappa shape index (κ2) is 8.36. The summed E-state index contributed by atoms with van der Waals surface area (Å²) in [5.74, 6) is 0.577. The van der Waals surface area contributed by atoms with Gasteiger partial charge in [0.25, 0.3) is 0 Å². The summed E-state index contributed by atoms with van der Waals surface area (Å²) in [4.78, 5) is 25.9. The van der Waals surface area contributed by atoms with Gasteiger partial charge in [-0.1, -0.05) is 12.1 Å². The Morgan fingerprint density at radius 1 is 1.26 bits per heavy atom. The van der Waals surface area contributed by atoms with Crippen molar-refractivity contribution in [3.05, 3.63) is 29.8 Å². The number of aryl methyl sites for hydroxylation is 1. The van der Waals surface area contributed by atoms with Gasteiger partial charge in [-0.05, 0) is 38.5 Å². The number of carbonyl (C=O) groups is 2. The number of benzene rings is 1. The molecule has 2 unspecified atom stereocenters. The number of amides is 2. The predicted octanol–water partition coefficient (Wildman–Crippen LogP) is 2.30. The summed E-state index contributed by atoms with van der Waals surface area (Å²) in [5.41, 5.74) is 1.89. The SMILES string of the molecule is Cc1cccc(NC(=O)CSCC(=O)N2CC(C)OC(C)C2)c1. The molecule has 0 radical (unpaired) electrons. The Morgan fingerprint density at radius 3 is 2.61 bits per heavy atom. The fourth-order valence-corrected chi connectivity index (χ4v) is 3.34. The summed E-state index contributed by atoms with van der Waals surface area (Å²) < 4.78 is 5.62. The topological polar surface area (TPSA) is 58.6 Å². The lowest BCUT2D eigenvalue weighted by Gasteiger charge is -2.35. The van der Waals surface area contributed by atoms with Crippen LogP contribution in [0.1, 0.15) is 19.4 Å². The van der Waals surface area contributed by atoms with Crippen LogP contribution in [0, 0.1) is 6.92 Å². The molecule has 1 aliphatic heterocycles. The average Bonchev–Trinajstić information content (AvgIpc) is 2.46. The van der Waals surface area contributed by atoms with Gasteiger partial charge in [0.2, 0.25) is 11.8 Å². The van der Waals surface area contributed by atoms with Gasteiger partial charge in [-0.25, -0.2) is 0 Å².